The molecule has 3 aliphatic rings. The van der Waals surface area contributed by atoms with Crippen molar-refractivity contribution < 1.29 is 9.57 Å². The van der Waals surface area contributed by atoms with Crippen LogP contribution in [0.25, 0.3) is 0 Å². The average molecular weight is 285 g/mol. The van der Waals surface area contributed by atoms with Crippen molar-refractivity contribution in [3.63, 3.8) is 0 Å². The largest absolute Gasteiger partial charge is 0.475 e. The highest BCUT2D eigenvalue weighted by Crippen LogP contribution is 2.12. The number of rotatable bonds is 0. The van der Waals surface area contributed by atoms with Crippen molar-refractivity contribution in [1.82, 2.24) is 9.80 Å². The predicted molar refractivity (Wildman–Crippen MR) is 83.1 cm³/mol. The molecule has 0 radical (unpaired) electrons. The lowest BCUT2D eigenvalue weighted by Gasteiger charge is -2.12. The van der Waals surface area contributed by atoms with Gasteiger partial charge in [0.25, 0.3) is 0 Å². The maximum Gasteiger partial charge on any atom is 0.222 e. The second kappa shape index (κ2) is 10.00. The molecule has 0 aromatic rings. The third-order valence-electron chi connectivity index (χ3n) is 3.89. The van der Waals surface area contributed by atoms with Gasteiger partial charge in [0.05, 0.1) is 0 Å². The first-order chi connectivity index (χ1) is 9.59. The quantitative estimate of drug-likeness (QED) is 0.683. The van der Waals surface area contributed by atoms with Crippen LogP contribution < -0.4 is 0 Å². The minimum absolute atomic E-state index is 0.581. The maximum atomic E-state index is 4.90. The van der Waals surface area contributed by atoms with Gasteiger partial charge in [0.1, 0.15) is 6.61 Å². The Hall–Kier alpha value is -0.810. The highest BCUT2D eigenvalue weighted by atomic mass is 16.7. The van der Waals surface area contributed by atoms with Gasteiger partial charge in [-0.1, -0.05) is 5.16 Å². The van der Waals surface area contributed by atoms with E-state index in [4.69, 9.17) is 4.74 Å². The first-order valence-corrected chi connectivity index (χ1v) is 7.77. The number of nitrogens with zero attached hydrogens (tertiary/aromatic N) is 3. The van der Waals surface area contributed by atoms with Crippen molar-refractivity contribution in [1.29, 1.82) is 0 Å². The zero-order chi connectivity index (χ0) is 14.8. The Bertz CT molecular complexity index is 270. The monoisotopic (exact) mass is 285 g/mol. The van der Waals surface area contributed by atoms with Crippen LogP contribution in [0.15, 0.2) is 5.16 Å². The molecule has 1 unspecified atom stereocenters. The van der Waals surface area contributed by atoms with E-state index in [9.17, 15) is 0 Å². The summed E-state index contributed by atoms with van der Waals surface area (Å²) < 4.78 is 4.90. The van der Waals surface area contributed by atoms with Crippen molar-refractivity contribution in [2.24, 2.45) is 5.16 Å². The number of oxime groups is 1. The Labute approximate surface area is 123 Å². The topological polar surface area (TPSA) is 37.3 Å². The first kappa shape index (κ1) is 17.2. The van der Waals surface area contributed by atoms with Gasteiger partial charge in [-0.2, -0.15) is 0 Å². The van der Waals surface area contributed by atoms with Crippen LogP contribution in [0.5, 0.6) is 0 Å². The summed E-state index contributed by atoms with van der Waals surface area (Å²) >= 11 is 0. The lowest BCUT2D eigenvalue weighted by Crippen LogP contribution is -2.20. The van der Waals surface area contributed by atoms with E-state index < -0.39 is 0 Å². The van der Waals surface area contributed by atoms with Crippen molar-refractivity contribution in [2.75, 3.05) is 46.9 Å². The molecule has 20 heavy (non-hydrogen) atoms. The van der Waals surface area contributed by atoms with Crippen LogP contribution in [-0.2, 0) is 9.57 Å². The normalized spacial score (nSPS) is 26.4. The zero-order valence-corrected chi connectivity index (χ0v) is 13.6. The minimum Gasteiger partial charge on any atom is -0.475 e. The molecule has 0 N–H and O–H groups in total. The summed E-state index contributed by atoms with van der Waals surface area (Å²) in [5, 5.41) is 3.52. The lowest BCUT2D eigenvalue weighted by atomic mass is 10.3. The molecule has 3 rings (SSSR count). The summed E-state index contributed by atoms with van der Waals surface area (Å²) in [6.07, 6.45) is 5.63. The van der Waals surface area contributed by atoms with Crippen LogP contribution in [0.2, 0.25) is 0 Å². The molecule has 0 saturated carbocycles. The smallest absolute Gasteiger partial charge is 0.222 e. The highest BCUT2D eigenvalue weighted by molar-refractivity contribution is 5.72. The van der Waals surface area contributed by atoms with Crippen LogP contribution in [-0.4, -0.2) is 68.7 Å². The Morgan fingerprint density at radius 1 is 1.05 bits per heavy atom. The molecule has 3 aliphatic heterocycles. The van der Waals surface area contributed by atoms with Gasteiger partial charge in [-0.15, -0.1) is 0 Å². The molecule has 0 spiro atoms. The van der Waals surface area contributed by atoms with Gasteiger partial charge in [0.15, 0.2) is 6.61 Å². The number of ether oxygens (including phenoxy) is 1. The van der Waals surface area contributed by atoms with E-state index in [2.05, 4.69) is 40.8 Å². The first-order valence-electron chi connectivity index (χ1n) is 7.77. The van der Waals surface area contributed by atoms with Gasteiger partial charge in [0.2, 0.25) is 5.90 Å². The van der Waals surface area contributed by atoms with Crippen molar-refractivity contribution in [2.45, 2.75) is 45.6 Å². The molecule has 0 aliphatic carbocycles. The summed E-state index contributed by atoms with van der Waals surface area (Å²) in [7, 11) is 4.37. The molecule has 0 aromatic heterocycles. The Kier molecular flexibility index (Phi) is 8.62. The summed E-state index contributed by atoms with van der Waals surface area (Å²) in [6.45, 7) is 9.21. The summed E-state index contributed by atoms with van der Waals surface area (Å²) in [6, 6.07) is 0.847. The number of hydrogen-bond donors (Lipinski definition) is 0. The lowest BCUT2D eigenvalue weighted by molar-refractivity contribution is 0.0639. The van der Waals surface area contributed by atoms with E-state index in [0.717, 1.165) is 6.04 Å². The SMILES string of the molecule is CC1=NOCCO1.CC1CCCN1C.CN1CCCC1. The fourth-order valence-electron chi connectivity index (χ4n) is 2.34. The molecule has 3 heterocycles. The number of hydrogen-bond acceptors (Lipinski definition) is 5. The Morgan fingerprint density at radius 3 is 1.95 bits per heavy atom. The van der Waals surface area contributed by atoms with Gasteiger partial charge in [-0.3, -0.25) is 0 Å². The van der Waals surface area contributed by atoms with Crippen LogP contribution in [0.4, 0.5) is 0 Å². The van der Waals surface area contributed by atoms with Gasteiger partial charge in [0, 0.05) is 13.0 Å². The van der Waals surface area contributed by atoms with E-state index in [-0.39, 0.29) is 0 Å². The maximum absolute atomic E-state index is 4.90. The Morgan fingerprint density at radius 2 is 1.75 bits per heavy atom. The number of likely N-dealkylation sites (tertiary alicyclic amines) is 2. The zero-order valence-electron chi connectivity index (χ0n) is 13.6. The van der Waals surface area contributed by atoms with Crippen molar-refractivity contribution in [3.05, 3.63) is 0 Å². The van der Waals surface area contributed by atoms with Crippen molar-refractivity contribution in [3.8, 4) is 0 Å². The van der Waals surface area contributed by atoms with Gasteiger partial charge in [-0.25, -0.2) is 0 Å². The molecular formula is C15H31N3O2. The third kappa shape index (κ3) is 7.70. The molecule has 2 fully saturated rings. The summed E-state index contributed by atoms with van der Waals surface area (Å²) in [5.74, 6) is 0.617. The van der Waals surface area contributed by atoms with E-state index in [1.807, 2.05) is 0 Å². The fraction of sp³-hybridized carbons (Fsp3) is 0.933. The molecule has 0 amide bonds. The van der Waals surface area contributed by atoms with Crippen LogP contribution >= 0.6 is 0 Å². The minimum atomic E-state index is 0.581. The summed E-state index contributed by atoms with van der Waals surface area (Å²) in [5.41, 5.74) is 0. The molecular weight excluding hydrogens is 254 g/mol. The molecule has 118 valence electrons. The standard InChI is InChI=1S/C6H13N.C5H11N.C4H7NO2/c1-6-4-3-5-7(6)2;1-6-4-2-3-5-6;1-4-5-7-3-2-6-4/h6H,3-5H2,1-2H3;2-5H2,1H3;2-3H2,1H3. The molecule has 0 bridgehead atoms. The van der Waals surface area contributed by atoms with Crippen molar-refractivity contribution >= 4 is 5.90 Å². The fourth-order valence-corrected chi connectivity index (χ4v) is 2.34. The Balaban J connectivity index is 0.000000151. The average Bonchev–Trinajstić information content (AvgIpc) is 3.05. The van der Waals surface area contributed by atoms with Crippen LogP contribution in [0.1, 0.15) is 39.5 Å². The van der Waals surface area contributed by atoms with Crippen LogP contribution in [0, 0.1) is 0 Å². The van der Waals surface area contributed by atoms with Gasteiger partial charge in [-0.05, 0) is 66.3 Å². The van der Waals surface area contributed by atoms with E-state index >= 15 is 0 Å². The molecule has 0 aromatic carbocycles. The highest BCUT2D eigenvalue weighted by Gasteiger charge is 2.14. The van der Waals surface area contributed by atoms with E-state index in [1.165, 1.54) is 45.3 Å². The van der Waals surface area contributed by atoms with E-state index in [1.54, 1.807) is 6.92 Å². The second-order valence-electron chi connectivity index (χ2n) is 5.77. The molecule has 1 atom stereocenters. The molecule has 5 heteroatoms. The molecule has 2 saturated heterocycles. The van der Waals surface area contributed by atoms with Gasteiger partial charge < -0.3 is 19.4 Å². The van der Waals surface area contributed by atoms with E-state index in [0.29, 0.717) is 19.1 Å². The third-order valence-corrected chi connectivity index (χ3v) is 3.89. The predicted octanol–water partition coefficient (Wildman–Crippen LogP) is 2.18. The summed E-state index contributed by atoms with van der Waals surface area (Å²) in [4.78, 5) is 9.41. The van der Waals surface area contributed by atoms with Crippen LogP contribution in [0.3, 0.4) is 0 Å². The molecule has 5 nitrogen and oxygen atoms in total. The second-order valence-corrected chi connectivity index (χ2v) is 5.77. The van der Waals surface area contributed by atoms with Gasteiger partial charge >= 0.3 is 0 Å².